The molecule has 0 aromatic heterocycles. The van der Waals surface area contributed by atoms with Gasteiger partial charge in [0, 0.05) is 10.7 Å². The van der Waals surface area contributed by atoms with Crippen molar-refractivity contribution >= 4 is 15.9 Å². The van der Waals surface area contributed by atoms with Gasteiger partial charge in [0.05, 0.1) is 23.9 Å². The molecule has 0 spiro atoms. The minimum Gasteiger partial charge on any atom is -0.370 e. The monoisotopic (exact) mass is 338 g/mol. The van der Waals surface area contributed by atoms with Crippen LogP contribution in [0.15, 0.2) is 30.3 Å². The molecule has 20 heavy (non-hydrogen) atoms. The SMILES string of the molecule is CC12CCC(C(C)(C)Br)(CC1OCc1ccccc1)O2. The minimum atomic E-state index is -0.125. The second-order valence-corrected chi connectivity index (χ2v) is 8.85. The topological polar surface area (TPSA) is 18.5 Å². The second kappa shape index (κ2) is 4.82. The van der Waals surface area contributed by atoms with Crippen LogP contribution in [0.5, 0.6) is 0 Å². The summed E-state index contributed by atoms with van der Waals surface area (Å²) in [6.07, 6.45) is 3.37. The van der Waals surface area contributed by atoms with Crippen LogP contribution in [0.3, 0.4) is 0 Å². The Bertz CT molecular complexity index is 482. The zero-order valence-corrected chi connectivity index (χ0v) is 14.1. The van der Waals surface area contributed by atoms with Crippen molar-refractivity contribution in [3.63, 3.8) is 0 Å². The maximum Gasteiger partial charge on any atom is 0.0925 e. The Hall–Kier alpha value is -0.380. The van der Waals surface area contributed by atoms with E-state index in [-0.39, 0.29) is 21.6 Å². The highest BCUT2D eigenvalue weighted by Gasteiger charge is 2.64. The fraction of sp³-hybridized carbons (Fsp3) is 0.647. The van der Waals surface area contributed by atoms with Gasteiger partial charge in [0.2, 0.25) is 0 Å². The summed E-state index contributed by atoms with van der Waals surface area (Å²) in [6.45, 7) is 7.29. The summed E-state index contributed by atoms with van der Waals surface area (Å²) in [5, 5.41) is 0. The van der Waals surface area contributed by atoms with E-state index in [0.717, 1.165) is 19.3 Å². The molecule has 0 radical (unpaired) electrons. The molecule has 110 valence electrons. The first-order valence-corrected chi connectivity index (χ1v) is 8.19. The van der Waals surface area contributed by atoms with Crippen LogP contribution in [0, 0.1) is 0 Å². The van der Waals surface area contributed by atoms with E-state index in [1.807, 2.05) is 6.07 Å². The molecule has 0 saturated carbocycles. The Morgan fingerprint density at radius 2 is 2.00 bits per heavy atom. The number of benzene rings is 1. The third-order valence-electron chi connectivity index (χ3n) is 5.03. The fourth-order valence-corrected chi connectivity index (χ4v) is 3.99. The molecule has 2 fully saturated rings. The van der Waals surface area contributed by atoms with E-state index in [1.54, 1.807) is 0 Å². The van der Waals surface area contributed by atoms with Gasteiger partial charge in [-0.25, -0.2) is 0 Å². The molecule has 0 N–H and O–H groups in total. The van der Waals surface area contributed by atoms with E-state index in [1.165, 1.54) is 5.56 Å². The van der Waals surface area contributed by atoms with Gasteiger partial charge in [0.25, 0.3) is 0 Å². The molecule has 3 rings (SSSR count). The highest BCUT2D eigenvalue weighted by Crippen LogP contribution is 2.58. The van der Waals surface area contributed by atoms with Crippen molar-refractivity contribution in [3.05, 3.63) is 35.9 Å². The number of ether oxygens (including phenoxy) is 2. The summed E-state index contributed by atoms with van der Waals surface area (Å²) in [4.78, 5) is 0. The van der Waals surface area contributed by atoms with Crippen molar-refractivity contribution in [2.45, 2.75) is 68.3 Å². The van der Waals surface area contributed by atoms with Crippen molar-refractivity contribution in [1.29, 1.82) is 0 Å². The number of hydrogen-bond donors (Lipinski definition) is 0. The maximum absolute atomic E-state index is 6.44. The molecule has 0 aliphatic carbocycles. The Balaban J connectivity index is 1.70. The van der Waals surface area contributed by atoms with Gasteiger partial charge in [-0.3, -0.25) is 0 Å². The minimum absolute atomic E-state index is 0.0113. The molecule has 3 atom stereocenters. The summed E-state index contributed by atoms with van der Waals surface area (Å²) in [7, 11) is 0. The largest absolute Gasteiger partial charge is 0.370 e. The lowest BCUT2D eigenvalue weighted by Crippen LogP contribution is -2.45. The van der Waals surface area contributed by atoms with Gasteiger partial charge in [0.15, 0.2) is 0 Å². The average molecular weight is 339 g/mol. The van der Waals surface area contributed by atoms with Crippen LogP contribution in [0.1, 0.15) is 45.6 Å². The first-order valence-electron chi connectivity index (χ1n) is 7.39. The lowest BCUT2D eigenvalue weighted by atomic mass is 9.75. The van der Waals surface area contributed by atoms with E-state index < -0.39 is 0 Å². The summed E-state index contributed by atoms with van der Waals surface area (Å²) >= 11 is 3.82. The molecule has 2 saturated heterocycles. The van der Waals surface area contributed by atoms with Crippen molar-refractivity contribution in [2.24, 2.45) is 0 Å². The number of halogens is 1. The predicted molar refractivity (Wildman–Crippen MR) is 84.1 cm³/mol. The molecule has 2 aliphatic rings. The molecular formula is C17H23BrO2. The normalized spacial score (nSPS) is 36.5. The van der Waals surface area contributed by atoms with Crippen molar-refractivity contribution < 1.29 is 9.47 Å². The molecule has 2 nitrogen and oxygen atoms in total. The van der Waals surface area contributed by atoms with Gasteiger partial charge < -0.3 is 9.47 Å². The highest BCUT2D eigenvalue weighted by molar-refractivity contribution is 9.10. The third kappa shape index (κ3) is 2.34. The van der Waals surface area contributed by atoms with Crippen molar-refractivity contribution in [2.75, 3.05) is 0 Å². The van der Waals surface area contributed by atoms with Crippen LogP contribution < -0.4 is 0 Å². The molecule has 2 aliphatic heterocycles. The second-order valence-electron chi connectivity index (χ2n) is 6.87. The average Bonchev–Trinajstić information content (AvgIpc) is 2.89. The van der Waals surface area contributed by atoms with E-state index in [9.17, 15) is 0 Å². The summed E-state index contributed by atoms with van der Waals surface area (Å²) in [5.41, 5.74) is 1.02. The molecule has 1 aromatic rings. The van der Waals surface area contributed by atoms with Crippen LogP contribution >= 0.6 is 15.9 Å². The van der Waals surface area contributed by atoms with Crippen LogP contribution in [0.2, 0.25) is 0 Å². The molecular weight excluding hydrogens is 316 g/mol. The van der Waals surface area contributed by atoms with E-state index in [2.05, 4.69) is 61.0 Å². The highest BCUT2D eigenvalue weighted by atomic mass is 79.9. The van der Waals surface area contributed by atoms with E-state index in [0.29, 0.717) is 6.61 Å². The quantitative estimate of drug-likeness (QED) is 0.754. The molecule has 2 heterocycles. The van der Waals surface area contributed by atoms with Crippen LogP contribution in [0.25, 0.3) is 0 Å². The Kier molecular flexibility index (Phi) is 3.51. The van der Waals surface area contributed by atoms with E-state index >= 15 is 0 Å². The van der Waals surface area contributed by atoms with Gasteiger partial charge >= 0.3 is 0 Å². The predicted octanol–water partition coefficient (Wildman–Crippen LogP) is 4.46. The lowest BCUT2D eigenvalue weighted by molar-refractivity contribution is -0.0912. The Labute approximate surface area is 130 Å². The summed E-state index contributed by atoms with van der Waals surface area (Å²) < 4.78 is 12.6. The fourth-order valence-electron chi connectivity index (χ4n) is 3.55. The Morgan fingerprint density at radius 3 is 2.60 bits per heavy atom. The number of rotatable bonds is 4. The lowest BCUT2D eigenvalue weighted by Gasteiger charge is -2.37. The number of alkyl halides is 1. The maximum atomic E-state index is 6.44. The van der Waals surface area contributed by atoms with Gasteiger partial charge in [-0.2, -0.15) is 0 Å². The van der Waals surface area contributed by atoms with Crippen LogP contribution in [0.4, 0.5) is 0 Å². The first-order chi connectivity index (χ1) is 9.35. The smallest absolute Gasteiger partial charge is 0.0925 e. The zero-order valence-electron chi connectivity index (χ0n) is 12.5. The molecule has 3 heteroatoms. The summed E-state index contributed by atoms with van der Waals surface area (Å²) in [6, 6.07) is 10.4. The van der Waals surface area contributed by atoms with Gasteiger partial charge in [-0.05, 0) is 39.2 Å². The zero-order chi connectivity index (χ0) is 14.4. The number of hydrogen-bond acceptors (Lipinski definition) is 2. The molecule has 1 aromatic carbocycles. The third-order valence-corrected chi connectivity index (χ3v) is 5.75. The Morgan fingerprint density at radius 1 is 1.30 bits per heavy atom. The number of fused-ring (bicyclic) bond motifs is 2. The van der Waals surface area contributed by atoms with Gasteiger partial charge in [0.1, 0.15) is 0 Å². The molecule has 0 amide bonds. The van der Waals surface area contributed by atoms with Crippen molar-refractivity contribution in [1.82, 2.24) is 0 Å². The van der Waals surface area contributed by atoms with Gasteiger partial charge in [-0.1, -0.05) is 46.3 Å². The van der Waals surface area contributed by atoms with E-state index in [4.69, 9.17) is 9.47 Å². The summed E-state index contributed by atoms with van der Waals surface area (Å²) in [5.74, 6) is 0. The standard InChI is InChI=1S/C17H23BrO2/c1-15(2,18)17-10-9-16(3,20-17)14(11-17)19-12-13-7-5-4-6-8-13/h4-8,14H,9-12H2,1-3H3. The van der Waals surface area contributed by atoms with Gasteiger partial charge in [-0.15, -0.1) is 0 Å². The molecule has 2 bridgehead atoms. The van der Waals surface area contributed by atoms with Crippen LogP contribution in [-0.2, 0) is 16.1 Å². The first kappa shape index (κ1) is 14.6. The van der Waals surface area contributed by atoms with Crippen LogP contribution in [-0.4, -0.2) is 21.6 Å². The van der Waals surface area contributed by atoms with Crippen molar-refractivity contribution in [3.8, 4) is 0 Å². The molecule has 3 unspecified atom stereocenters.